The van der Waals surface area contributed by atoms with E-state index < -0.39 is 0 Å². The monoisotopic (exact) mass is 402 g/mol. The predicted molar refractivity (Wildman–Crippen MR) is 126 cm³/mol. The molecule has 0 aliphatic carbocycles. The number of rotatable bonds is 7. The van der Waals surface area contributed by atoms with Crippen LogP contribution in [0, 0.1) is 20.8 Å². The fourth-order valence-electron chi connectivity index (χ4n) is 4.92. The van der Waals surface area contributed by atoms with Crippen LogP contribution in [-0.2, 0) is 26.4 Å². The Morgan fingerprint density at radius 2 is 1.77 bits per heavy atom. The number of hydrogen-bond donors (Lipinski definition) is 1. The van der Waals surface area contributed by atoms with E-state index in [1.54, 1.807) is 0 Å². The van der Waals surface area contributed by atoms with Crippen LogP contribution >= 0.6 is 0 Å². The Morgan fingerprint density at radius 3 is 2.50 bits per heavy atom. The highest BCUT2D eigenvalue weighted by atomic mass is 15.4. The van der Waals surface area contributed by atoms with Crippen molar-refractivity contribution in [3.8, 4) is 0 Å². The van der Waals surface area contributed by atoms with Crippen molar-refractivity contribution in [3.63, 3.8) is 0 Å². The molecule has 30 heavy (non-hydrogen) atoms. The molecule has 0 spiro atoms. The summed E-state index contributed by atoms with van der Waals surface area (Å²) in [5.41, 5.74) is 9.56. The van der Waals surface area contributed by atoms with Crippen LogP contribution in [0.25, 0.3) is 0 Å². The zero-order valence-corrected chi connectivity index (χ0v) is 18.8. The van der Waals surface area contributed by atoms with Crippen molar-refractivity contribution in [2.45, 2.75) is 53.0 Å². The summed E-state index contributed by atoms with van der Waals surface area (Å²) in [4.78, 5) is 2.46. The Morgan fingerprint density at radius 1 is 1.03 bits per heavy atom. The number of nitrogens with one attached hydrogen (secondary N) is 1. The summed E-state index contributed by atoms with van der Waals surface area (Å²) in [6.45, 7) is 9.64. The molecular formula is C26H34N4. The van der Waals surface area contributed by atoms with Crippen molar-refractivity contribution < 1.29 is 0 Å². The minimum absolute atomic E-state index is 0.935. The molecule has 3 aromatic rings. The topological polar surface area (TPSA) is 33.1 Å². The van der Waals surface area contributed by atoms with Crippen molar-refractivity contribution >= 4 is 11.5 Å². The van der Waals surface area contributed by atoms with E-state index in [0.29, 0.717) is 0 Å². The standard InChI is InChI=1S/C26H34N4/c1-19-16-20(2)25(21(3)17-19)30-15-9-12-23-24(29(4)28-26(23)30)13-8-14-27-18-22-10-6-5-7-11-22/h5-7,10-11,16-17,27H,8-9,12-15,18H2,1-4H3. The molecule has 158 valence electrons. The summed E-state index contributed by atoms with van der Waals surface area (Å²) < 4.78 is 2.12. The summed E-state index contributed by atoms with van der Waals surface area (Å²) >= 11 is 0. The van der Waals surface area contributed by atoms with Gasteiger partial charge < -0.3 is 10.2 Å². The summed E-state index contributed by atoms with van der Waals surface area (Å²) in [5.74, 6) is 1.17. The second-order valence-electron chi connectivity index (χ2n) is 8.64. The second-order valence-corrected chi connectivity index (χ2v) is 8.64. The highest BCUT2D eigenvalue weighted by Crippen LogP contribution is 2.38. The number of benzene rings is 2. The minimum Gasteiger partial charge on any atom is -0.324 e. The van der Waals surface area contributed by atoms with Gasteiger partial charge in [0.15, 0.2) is 5.82 Å². The van der Waals surface area contributed by atoms with Crippen molar-refractivity contribution in [2.75, 3.05) is 18.0 Å². The number of aryl methyl sites for hydroxylation is 4. The fraction of sp³-hybridized carbons (Fsp3) is 0.423. The Bertz CT molecular complexity index is 980. The number of aromatic nitrogens is 2. The molecular weight excluding hydrogens is 368 g/mol. The minimum atomic E-state index is 0.935. The first-order chi connectivity index (χ1) is 14.5. The van der Waals surface area contributed by atoms with Crippen molar-refractivity contribution in [3.05, 3.63) is 76.0 Å². The molecule has 1 aliphatic heterocycles. The zero-order chi connectivity index (χ0) is 21.1. The third kappa shape index (κ3) is 4.29. The molecule has 1 aliphatic rings. The highest BCUT2D eigenvalue weighted by molar-refractivity contribution is 5.71. The third-order valence-corrected chi connectivity index (χ3v) is 6.16. The van der Waals surface area contributed by atoms with E-state index in [1.807, 2.05) is 0 Å². The molecule has 0 amide bonds. The first-order valence-corrected chi connectivity index (χ1v) is 11.2. The van der Waals surface area contributed by atoms with Crippen LogP contribution in [-0.4, -0.2) is 22.9 Å². The normalized spacial score (nSPS) is 13.5. The first kappa shape index (κ1) is 20.7. The van der Waals surface area contributed by atoms with Crippen molar-refractivity contribution in [2.24, 2.45) is 7.05 Å². The molecule has 0 bridgehead atoms. The van der Waals surface area contributed by atoms with Gasteiger partial charge in [-0.25, -0.2) is 0 Å². The van der Waals surface area contributed by atoms with Crippen LogP contribution in [0.4, 0.5) is 11.5 Å². The summed E-state index contributed by atoms with van der Waals surface area (Å²) in [7, 11) is 2.11. The molecule has 0 saturated carbocycles. The lowest BCUT2D eigenvalue weighted by Crippen LogP contribution is -2.26. The van der Waals surface area contributed by atoms with E-state index in [9.17, 15) is 0 Å². The van der Waals surface area contributed by atoms with Gasteiger partial charge in [0, 0.05) is 37.1 Å². The first-order valence-electron chi connectivity index (χ1n) is 11.2. The van der Waals surface area contributed by atoms with Gasteiger partial charge in [0.2, 0.25) is 0 Å². The fourth-order valence-corrected chi connectivity index (χ4v) is 4.92. The highest BCUT2D eigenvalue weighted by Gasteiger charge is 2.27. The summed E-state index contributed by atoms with van der Waals surface area (Å²) in [5, 5.41) is 8.56. The zero-order valence-electron chi connectivity index (χ0n) is 18.8. The maximum Gasteiger partial charge on any atom is 0.158 e. The van der Waals surface area contributed by atoms with Crippen LogP contribution in [0.15, 0.2) is 42.5 Å². The van der Waals surface area contributed by atoms with E-state index >= 15 is 0 Å². The number of fused-ring (bicyclic) bond motifs is 1. The lowest BCUT2D eigenvalue weighted by molar-refractivity contribution is 0.620. The van der Waals surface area contributed by atoms with Crippen molar-refractivity contribution in [1.29, 1.82) is 0 Å². The van der Waals surface area contributed by atoms with E-state index in [0.717, 1.165) is 38.9 Å². The lowest BCUT2D eigenvalue weighted by atomic mass is 9.98. The van der Waals surface area contributed by atoms with Crippen LogP contribution in [0.1, 0.15) is 46.4 Å². The van der Waals surface area contributed by atoms with Crippen LogP contribution in [0.5, 0.6) is 0 Å². The van der Waals surface area contributed by atoms with Gasteiger partial charge in [0.25, 0.3) is 0 Å². The Kier molecular flexibility index (Phi) is 6.24. The molecule has 2 heterocycles. The van der Waals surface area contributed by atoms with E-state index in [1.165, 1.54) is 51.4 Å². The van der Waals surface area contributed by atoms with Gasteiger partial charge in [-0.2, -0.15) is 5.10 Å². The van der Waals surface area contributed by atoms with E-state index in [4.69, 9.17) is 5.10 Å². The van der Waals surface area contributed by atoms with Crippen LogP contribution in [0.3, 0.4) is 0 Å². The van der Waals surface area contributed by atoms with Gasteiger partial charge in [-0.05, 0) is 69.7 Å². The average Bonchev–Trinajstić information content (AvgIpc) is 3.04. The average molecular weight is 403 g/mol. The molecule has 0 unspecified atom stereocenters. The molecule has 4 rings (SSSR count). The van der Waals surface area contributed by atoms with Gasteiger partial charge in [-0.15, -0.1) is 0 Å². The Balaban J connectivity index is 1.46. The summed E-state index contributed by atoms with van der Waals surface area (Å²) in [6, 6.07) is 15.2. The predicted octanol–water partition coefficient (Wildman–Crippen LogP) is 5.15. The maximum absolute atomic E-state index is 4.98. The lowest BCUT2D eigenvalue weighted by Gasteiger charge is -2.31. The molecule has 1 aromatic heterocycles. The van der Waals surface area contributed by atoms with E-state index in [2.05, 4.69) is 85.2 Å². The number of nitrogens with zero attached hydrogens (tertiary/aromatic N) is 3. The van der Waals surface area contributed by atoms with Crippen molar-refractivity contribution in [1.82, 2.24) is 15.1 Å². The number of hydrogen-bond acceptors (Lipinski definition) is 3. The summed E-state index contributed by atoms with van der Waals surface area (Å²) in [6.07, 6.45) is 4.52. The Labute approximate surface area is 180 Å². The molecule has 2 aromatic carbocycles. The molecule has 4 nitrogen and oxygen atoms in total. The third-order valence-electron chi connectivity index (χ3n) is 6.16. The quantitative estimate of drug-likeness (QED) is 0.555. The van der Waals surface area contributed by atoms with E-state index in [-0.39, 0.29) is 0 Å². The molecule has 0 fully saturated rings. The smallest absolute Gasteiger partial charge is 0.158 e. The molecule has 1 N–H and O–H groups in total. The van der Waals surface area contributed by atoms with Gasteiger partial charge in [-0.3, -0.25) is 4.68 Å². The molecule has 0 saturated heterocycles. The second kappa shape index (κ2) is 9.05. The molecule has 4 heteroatoms. The van der Waals surface area contributed by atoms with Gasteiger partial charge in [0.05, 0.1) is 0 Å². The van der Waals surface area contributed by atoms with Gasteiger partial charge >= 0.3 is 0 Å². The van der Waals surface area contributed by atoms with Crippen LogP contribution in [0.2, 0.25) is 0 Å². The SMILES string of the molecule is Cc1cc(C)c(N2CCCc3c2nn(C)c3CCCNCc2ccccc2)c(C)c1. The number of anilines is 2. The van der Waals surface area contributed by atoms with Gasteiger partial charge in [0.1, 0.15) is 0 Å². The van der Waals surface area contributed by atoms with Gasteiger partial charge in [-0.1, -0.05) is 48.0 Å². The van der Waals surface area contributed by atoms with Crippen LogP contribution < -0.4 is 10.2 Å². The molecule has 0 atom stereocenters. The molecule has 0 radical (unpaired) electrons. The largest absolute Gasteiger partial charge is 0.324 e. The maximum atomic E-state index is 4.98. The Hall–Kier alpha value is -2.59.